The van der Waals surface area contributed by atoms with E-state index in [0.29, 0.717) is 12.4 Å². The molecule has 1 aromatic rings. The van der Waals surface area contributed by atoms with Gasteiger partial charge in [0.05, 0.1) is 7.11 Å². The minimum atomic E-state index is -1.02. The average Bonchev–Trinajstić information content (AvgIpc) is 2.81. The van der Waals surface area contributed by atoms with Crippen LogP contribution in [0.1, 0.15) is 19.4 Å². The first-order valence-electron chi connectivity index (χ1n) is 10.5. The molecule has 3 atom stereocenters. The summed E-state index contributed by atoms with van der Waals surface area (Å²) in [6.45, 7) is 11.1. The Balaban J connectivity index is 2.96. The van der Waals surface area contributed by atoms with Gasteiger partial charge in [-0.2, -0.15) is 0 Å². The largest absolute Gasteiger partial charge is 0.560 e. The zero-order chi connectivity index (χ0) is 24.8. The highest BCUT2D eigenvalue weighted by Gasteiger charge is 2.30. The molecular weight excluding hydrogens is 425 g/mol. The van der Waals surface area contributed by atoms with Crippen LogP contribution in [-0.4, -0.2) is 64.1 Å². The molecule has 10 heteroatoms. The standard InChI is InChI=1S/C23H32BN3O6/c1-6-12-32-17-10-8-16(9-11-17)13-19(25-14-33-24)21(28)27-20(15(3)4)22(29)26-18(7-2)23(30)31-5/h6-11,14-15,18-20H,1-2,12-13,24H2,3-5H3,(H,26,29)(H,27,28)/t18-,19-,20-/m0/s1. The summed E-state index contributed by atoms with van der Waals surface area (Å²) < 4.78 is 15.0. The van der Waals surface area contributed by atoms with Crippen LogP contribution < -0.4 is 15.4 Å². The van der Waals surface area contributed by atoms with Gasteiger partial charge in [-0.15, -0.1) is 6.58 Å². The quantitative estimate of drug-likeness (QED) is 0.140. The van der Waals surface area contributed by atoms with Gasteiger partial charge in [0.25, 0.3) is 0 Å². The third-order valence-corrected chi connectivity index (χ3v) is 4.60. The maximum absolute atomic E-state index is 13.0. The number of hydrogen-bond donors (Lipinski definition) is 2. The second-order valence-electron chi connectivity index (χ2n) is 7.43. The van der Waals surface area contributed by atoms with Crippen molar-refractivity contribution in [1.82, 2.24) is 10.6 Å². The van der Waals surface area contributed by atoms with Crippen LogP contribution in [0.2, 0.25) is 0 Å². The first-order chi connectivity index (χ1) is 15.8. The Kier molecular flexibility index (Phi) is 12.1. The molecule has 0 saturated heterocycles. The number of nitrogens with zero attached hydrogens (tertiary/aromatic N) is 1. The molecule has 2 N–H and O–H groups in total. The summed E-state index contributed by atoms with van der Waals surface area (Å²) >= 11 is 0. The van der Waals surface area contributed by atoms with Crippen molar-refractivity contribution in [2.45, 2.75) is 38.4 Å². The molecule has 0 spiro atoms. The van der Waals surface area contributed by atoms with Crippen molar-refractivity contribution in [2.24, 2.45) is 10.9 Å². The molecule has 0 aliphatic heterocycles. The predicted octanol–water partition coefficient (Wildman–Crippen LogP) is 0.740. The van der Waals surface area contributed by atoms with Gasteiger partial charge in [0.1, 0.15) is 30.5 Å². The monoisotopic (exact) mass is 457 g/mol. The van der Waals surface area contributed by atoms with E-state index in [2.05, 4.69) is 33.5 Å². The second-order valence-corrected chi connectivity index (χ2v) is 7.43. The molecule has 33 heavy (non-hydrogen) atoms. The highest BCUT2D eigenvalue weighted by atomic mass is 16.5. The van der Waals surface area contributed by atoms with E-state index in [1.807, 2.05) is 12.1 Å². The summed E-state index contributed by atoms with van der Waals surface area (Å²) in [4.78, 5) is 41.7. The van der Waals surface area contributed by atoms with E-state index in [0.717, 1.165) is 5.56 Å². The number of hydrogen-bond acceptors (Lipinski definition) is 7. The van der Waals surface area contributed by atoms with Crippen molar-refractivity contribution in [3.8, 4) is 5.75 Å². The lowest BCUT2D eigenvalue weighted by molar-refractivity contribution is -0.144. The fourth-order valence-electron chi connectivity index (χ4n) is 2.82. The van der Waals surface area contributed by atoms with E-state index in [1.165, 1.54) is 27.6 Å². The minimum Gasteiger partial charge on any atom is -0.560 e. The molecular formula is C23H32BN3O6. The zero-order valence-corrected chi connectivity index (χ0v) is 19.6. The number of carbonyl (C=O) groups excluding carboxylic acids is 3. The molecule has 0 fully saturated rings. The number of nitrogens with one attached hydrogen (secondary N) is 2. The summed E-state index contributed by atoms with van der Waals surface area (Å²) in [5, 5.41) is 5.26. The van der Waals surface area contributed by atoms with E-state index in [4.69, 9.17) is 9.39 Å². The van der Waals surface area contributed by atoms with Crippen LogP contribution in [-0.2, 0) is 30.2 Å². The third-order valence-electron chi connectivity index (χ3n) is 4.60. The van der Waals surface area contributed by atoms with Crippen molar-refractivity contribution in [1.29, 1.82) is 0 Å². The maximum atomic E-state index is 13.0. The Morgan fingerprint density at radius 2 is 1.79 bits per heavy atom. The topological polar surface area (TPSA) is 115 Å². The summed E-state index contributed by atoms with van der Waals surface area (Å²) in [5.74, 6) is -1.23. The van der Waals surface area contributed by atoms with Crippen molar-refractivity contribution < 1.29 is 28.5 Å². The van der Waals surface area contributed by atoms with E-state index in [-0.39, 0.29) is 12.3 Å². The lowest BCUT2D eigenvalue weighted by atomic mass is 10.0. The molecule has 0 heterocycles. The van der Waals surface area contributed by atoms with E-state index in [1.54, 1.807) is 32.1 Å². The maximum Gasteiger partial charge on any atom is 0.332 e. The lowest BCUT2D eigenvalue weighted by Gasteiger charge is -2.25. The van der Waals surface area contributed by atoms with Gasteiger partial charge in [0.15, 0.2) is 6.40 Å². The molecule has 9 nitrogen and oxygen atoms in total. The van der Waals surface area contributed by atoms with E-state index < -0.39 is 35.9 Å². The van der Waals surface area contributed by atoms with Crippen molar-refractivity contribution in [3.05, 3.63) is 55.1 Å². The number of rotatable bonds is 14. The first-order valence-corrected chi connectivity index (χ1v) is 10.5. The fraction of sp³-hybridized carbons (Fsp3) is 0.391. The highest BCUT2D eigenvalue weighted by molar-refractivity contribution is 6.02. The molecule has 1 rings (SSSR count). The van der Waals surface area contributed by atoms with Gasteiger partial charge in [-0.1, -0.05) is 44.7 Å². The van der Waals surface area contributed by atoms with E-state index in [9.17, 15) is 14.4 Å². The zero-order valence-electron chi connectivity index (χ0n) is 19.6. The van der Waals surface area contributed by atoms with Crippen molar-refractivity contribution >= 4 is 32.2 Å². The molecule has 0 aliphatic carbocycles. The molecule has 0 aliphatic rings. The molecule has 2 amide bonds. The van der Waals surface area contributed by atoms with Gasteiger partial charge < -0.3 is 24.8 Å². The van der Waals surface area contributed by atoms with Crippen LogP contribution >= 0.6 is 0 Å². The number of methoxy groups -OCH3 is 1. The van der Waals surface area contributed by atoms with Crippen molar-refractivity contribution in [2.75, 3.05) is 13.7 Å². The van der Waals surface area contributed by atoms with Crippen LogP contribution in [0.25, 0.3) is 0 Å². The number of aliphatic imine (C=N–C) groups is 1. The number of carbonyl (C=O) groups is 3. The molecule has 178 valence electrons. The molecule has 0 bridgehead atoms. The second kappa shape index (κ2) is 14.5. The van der Waals surface area contributed by atoms with Crippen LogP contribution in [0.4, 0.5) is 0 Å². The number of ether oxygens (including phenoxy) is 2. The first kappa shape index (κ1) is 27.5. The number of amides is 2. The summed E-state index contributed by atoms with van der Waals surface area (Å²) in [5.41, 5.74) is 0.845. The van der Waals surface area contributed by atoms with Gasteiger partial charge in [0, 0.05) is 6.42 Å². The third kappa shape index (κ3) is 9.22. The van der Waals surface area contributed by atoms with Crippen LogP contribution in [0, 0.1) is 5.92 Å². The molecule has 0 unspecified atom stereocenters. The van der Waals surface area contributed by atoms with Gasteiger partial charge in [-0.25, -0.2) is 9.79 Å². The number of benzene rings is 1. The minimum absolute atomic E-state index is 0.259. The molecule has 0 aromatic heterocycles. The molecule has 0 radical (unpaired) electrons. The van der Waals surface area contributed by atoms with Gasteiger partial charge >= 0.3 is 14.0 Å². The lowest BCUT2D eigenvalue weighted by Crippen LogP contribution is -2.55. The molecule has 0 saturated carbocycles. The fourth-order valence-corrected chi connectivity index (χ4v) is 2.82. The number of esters is 1. The Morgan fingerprint density at radius 1 is 1.12 bits per heavy atom. The normalized spacial score (nSPS) is 13.5. The molecule has 1 aromatic carbocycles. The average molecular weight is 457 g/mol. The summed E-state index contributed by atoms with van der Waals surface area (Å²) in [6, 6.07) is 4.48. The predicted molar refractivity (Wildman–Crippen MR) is 129 cm³/mol. The van der Waals surface area contributed by atoms with Gasteiger partial charge in [-0.3, -0.25) is 9.59 Å². The van der Waals surface area contributed by atoms with Crippen LogP contribution in [0.5, 0.6) is 5.75 Å². The Hall–Kier alpha value is -3.56. The summed E-state index contributed by atoms with van der Waals surface area (Å²) in [6.07, 6.45) is 4.37. The van der Waals surface area contributed by atoms with Gasteiger partial charge in [-0.05, 0) is 23.6 Å². The van der Waals surface area contributed by atoms with Gasteiger partial charge in [0.2, 0.25) is 11.8 Å². The summed E-state index contributed by atoms with van der Waals surface area (Å²) in [7, 11) is 2.64. The van der Waals surface area contributed by atoms with Crippen molar-refractivity contribution in [3.63, 3.8) is 0 Å². The van der Waals surface area contributed by atoms with Crippen LogP contribution in [0.15, 0.2) is 54.6 Å². The van der Waals surface area contributed by atoms with E-state index >= 15 is 0 Å². The smallest absolute Gasteiger partial charge is 0.332 e. The Labute approximate surface area is 195 Å². The highest BCUT2D eigenvalue weighted by Crippen LogP contribution is 2.15. The Morgan fingerprint density at radius 3 is 2.30 bits per heavy atom. The SMILES string of the molecule is BOC=N[C@@H](Cc1ccc(OCC=C)cc1)C(=O)N[C@H](C(=O)N[C@@H](C=C)C(=O)OC)C(C)C. The van der Waals surface area contributed by atoms with Crippen LogP contribution in [0.3, 0.4) is 0 Å². The Bertz CT molecular complexity index is 841.